The van der Waals surface area contributed by atoms with Crippen LogP contribution in [0.2, 0.25) is 5.02 Å². The van der Waals surface area contributed by atoms with E-state index in [-0.39, 0.29) is 28.2 Å². The van der Waals surface area contributed by atoms with E-state index in [0.717, 1.165) is 12.8 Å². The van der Waals surface area contributed by atoms with Crippen molar-refractivity contribution in [2.75, 3.05) is 10.6 Å². The Morgan fingerprint density at radius 1 is 1.23 bits per heavy atom. The Morgan fingerprint density at radius 3 is 2.53 bits per heavy atom. The molecule has 0 spiro atoms. The van der Waals surface area contributed by atoms with Crippen molar-refractivity contribution in [3.8, 4) is 0 Å². The van der Waals surface area contributed by atoms with Gasteiger partial charge >= 0.3 is 0 Å². The van der Waals surface area contributed by atoms with Gasteiger partial charge in [0, 0.05) is 17.4 Å². The summed E-state index contributed by atoms with van der Waals surface area (Å²) in [6, 6.07) is 2.95. The van der Waals surface area contributed by atoms with Crippen molar-refractivity contribution >= 4 is 40.7 Å². The molecule has 4 rings (SSSR count). The molecule has 30 heavy (non-hydrogen) atoms. The minimum atomic E-state index is -0.965. The second-order valence-electron chi connectivity index (χ2n) is 8.85. The zero-order valence-electron chi connectivity index (χ0n) is 17.2. The number of rotatable bonds is 4. The third-order valence-corrected chi connectivity index (χ3v) is 6.05. The first-order valence-corrected chi connectivity index (χ1v) is 10.1. The van der Waals surface area contributed by atoms with Gasteiger partial charge in [-0.2, -0.15) is 0 Å². The lowest BCUT2D eigenvalue weighted by atomic mass is 9.82. The molecule has 0 aromatic carbocycles. The molecule has 1 saturated carbocycles. The second kappa shape index (κ2) is 6.80. The van der Waals surface area contributed by atoms with E-state index in [1.807, 2.05) is 20.8 Å². The Hall–Kier alpha value is -2.94. The summed E-state index contributed by atoms with van der Waals surface area (Å²) in [7, 11) is 0. The maximum atomic E-state index is 13.3. The predicted octanol–water partition coefficient (Wildman–Crippen LogP) is 2.85. The molecule has 1 aliphatic carbocycles. The molecule has 1 aliphatic heterocycles. The van der Waals surface area contributed by atoms with Gasteiger partial charge in [0.05, 0.1) is 5.02 Å². The highest BCUT2D eigenvalue weighted by molar-refractivity contribution is 6.34. The van der Waals surface area contributed by atoms with Crippen LogP contribution in [-0.4, -0.2) is 26.3 Å². The van der Waals surface area contributed by atoms with E-state index in [9.17, 15) is 14.4 Å². The maximum Gasteiger partial charge on any atom is 0.276 e. The number of anilines is 3. The molecule has 0 radical (unpaired) electrons. The molecule has 0 bridgehead atoms. The van der Waals surface area contributed by atoms with Crippen LogP contribution in [0.3, 0.4) is 0 Å². The van der Waals surface area contributed by atoms with Gasteiger partial charge in [0.15, 0.2) is 0 Å². The Morgan fingerprint density at radius 2 is 1.90 bits per heavy atom. The summed E-state index contributed by atoms with van der Waals surface area (Å²) in [4.78, 5) is 46.0. The van der Waals surface area contributed by atoms with Gasteiger partial charge in [0.2, 0.25) is 5.91 Å². The smallest absolute Gasteiger partial charge is 0.276 e. The molecule has 3 heterocycles. The lowest BCUT2D eigenvalue weighted by Crippen LogP contribution is -2.54. The molecule has 2 aromatic rings. The van der Waals surface area contributed by atoms with Gasteiger partial charge in [-0.15, -0.1) is 0 Å². The number of fused-ring (bicyclic) bond motifs is 1. The van der Waals surface area contributed by atoms with Crippen molar-refractivity contribution in [2.45, 2.75) is 46.2 Å². The summed E-state index contributed by atoms with van der Waals surface area (Å²) in [6.45, 7) is 7.59. The Labute approximate surface area is 178 Å². The third kappa shape index (κ3) is 3.32. The van der Waals surface area contributed by atoms with Gasteiger partial charge in [0.1, 0.15) is 35.0 Å². The summed E-state index contributed by atoms with van der Waals surface area (Å²) in [5, 5.41) is 8.73. The van der Waals surface area contributed by atoms with Crippen molar-refractivity contribution in [2.24, 2.45) is 11.3 Å². The molecule has 1 unspecified atom stereocenters. The monoisotopic (exact) mass is 430 g/mol. The number of halogens is 1. The predicted molar refractivity (Wildman–Crippen MR) is 113 cm³/mol. The van der Waals surface area contributed by atoms with Crippen LogP contribution in [0.15, 0.2) is 23.3 Å². The average Bonchev–Trinajstić information content (AvgIpc) is 3.44. The summed E-state index contributed by atoms with van der Waals surface area (Å²) in [5.74, 6) is 0.225. The lowest BCUT2D eigenvalue weighted by Gasteiger charge is -2.40. The molecule has 9 nitrogen and oxygen atoms in total. The first-order chi connectivity index (χ1) is 14.0. The summed E-state index contributed by atoms with van der Waals surface area (Å²) in [6.07, 6.45) is 3.05. The van der Waals surface area contributed by atoms with Crippen molar-refractivity contribution in [1.29, 1.82) is 0 Å². The van der Waals surface area contributed by atoms with E-state index in [4.69, 9.17) is 11.6 Å². The highest BCUT2D eigenvalue weighted by Crippen LogP contribution is 2.40. The van der Waals surface area contributed by atoms with Crippen LogP contribution in [0, 0.1) is 11.3 Å². The maximum absolute atomic E-state index is 13.3. The first kappa shape index (κ1) is 20.3. The molecule has 1 fully saturated rings. The minimum absolute atomic E-state index is 0.0386. The van der Waals surface area contributed by atoms with E-state index in [0.29, 0.717) is 11.6 Å². The van der Waals surface area contributed by atoms with Crippen LogP contribution in [0.25, 0.3) is 0 Å². The number of nitrogens with zero attached hydrogens (tertiary/aromatic N) is 3. The van der Waals surface area contributed by atoms with E-state index >= 15 is 0 Å². The molecular formula is C20H23ClN6O3. The van der Waals surface area contributed by atoms with Crippen LogP contribution in [-0.2, 0) is 10.5 Å². The number of aromatic nitrogens is 3. The highest BCUT2D eigenvalue weighted by Gasteiger charge is 2.49. The summed E-state index contributed by atoms with van der Waals surface area (Å²) >= 11 is 6.38. The molecule has 158 valence electrons. The third-order valence-electron chi connectivity index (χ3n) is 5.76. The van der Waals surface area contributed by atoms with Gasteiger partial charge in [-0.25, -0.2) is 9.97 Å². The molecule has 2 amide bonds. The van der Waals surface area contributed by atoms with Gasteiger partial charge in [0.25, 0.3) is 11.5 Å². The second-order valence-corrected chi connectivity index (χ2v) is 9.26. The van der Waals surface area contributed by atoms with Crippen molar-refractivity contribution < 1.29 is 9.59 Å². The largest absolute Gasteiger partial charge is 0.336 e. The number of hydrogen-bond acceptors (Lipinski definition) is 6. The van der Waals surface area contributed by atoms with Crippen LogP contribution >= 0.6 is 11.6 Å². The van der Waals surface area contributed by atoms with Crippen LogP contribution in [0.5, 0.6) is 0 Å². The topological polar surface area (TPSA) is 118 Å². The van der Waals surface area contributed by atoms with Crippen LogP contribution in [0.1, 0.15) is 51.0 Å². The molecular weight excluding hydrogens is 408 g/mol. The number of hydrogen-bond donors (Lipinski definition) is 3. The molecule has 1 atom stereocenters. The van der Waals surface area contributed by atoms with E-state index in [1.54, 1.807) is 6.92 Å². The van der Waals surface area contributed by atoms with Crippen molar-refractivity contribution in [3.05, 3.63) is 39.5 Å². The molecule has 2 aliphatic rings. The van der Waals surface area contributed by atoms with Crippen LogP contribution in [0.4, 0.5) is 17.3 Å². The van der Waals surface area contributed by atoms with Crippen molar-refractivity contribution in [1.82, 2.24) is 19.9 Å². The van der Waals surface area contributed by atoms with Gasteiger partial charge in [-0.3, -0.25) is 19.0 Å². The summed E-state index contributed by atoms with van der Waals surface area (Å²) < 4.78 is 1.40. The van der Waals surface area contributed by atoms with E-state index in [2.05, 4.69) is 25.9 Å². The lowest BCUT2D eigenvalue weighted by molar-refractivity contribution is -0.117. The normalized spacial score (nSPS) is 20.5. The number of nitrogens with one attached hydrogen (secondary N) is 3. The minimum Gasteiger partial charge on any atom is -0.336 e. The van der Waals surface area contributed by atoms with Crippen molar-refractivity contribution in [3.63, 3.8) is 0 Å². The fraction of sp³-hybridized carbons (Fsp3) is 0.450. The number of amides is 2. The SMILES string of the molecule is CC(C)(C)C1(C)NC(=O)c2c(Cl)cc(Nc3cc(NC(=O)C4CC4)ncn3)c(=O)n21. The first-order valence-electron chi connectivity index (χ1n) is 9.70. The number of carbonyl (C=O) groups is 2. The quantitative estimate of drug-likeness (QED) is 0.686. The Balaban J connectivity index is 1.71. The zero-order chi connectivity index (χ0) is 21.8. The van der Waals surface area contributed by atoms with Crippen LogP contribution < -0.4 is 21.5 Å². The molecule has 3 N–H and O–H groups in total. The molecule has 10 heteroatoms. The summed E-state index contributed by atoms with van der Waals surface area (Å²) in [5.41, 5.74) is -1.55. The molecule has 0 saturated heterocycles. The zero-order valence-corrected chi connectivity index (χ0v) is 17.9. The van der Waals surface area contributed by atoms with Gasteiger partial charge in [-0.05, 0) is 25.8 Å². The Kier molecular flexibility index (Phi) is 4.61. The van der Waals surface area contributed by atoms with E-state index < -0.39 is 22.5 Å². The Bertz CT molecular complexity index is 1120. The fourth-order valence-corrected chi connectivity index (χ4v) is 3.66. The standard InChI is InChI=1S/C20H23ClN6O3/c1-19(2,3)20(4)26-17(29)15-11(21)7-12(18(30)27(15)20)24-13-8-14(23-9-22-13)25-16(28)10-5-6-10/h7-10H,5-6H2,1-4H3,(H,26,29)(H2,22,23,24,25,28). The van der Waals surface area contributed by atoms with Gasteiger partial charge < -0.3 is 16.0 Å². The van der Waals surface area contributed by atoms with E-state index in [1.165, 1.54) is 23.0 Å². The highest BCUT2D eigenvalue weighted by atomic mass is 35.5. The fourth-order valence-electron chi connectivity index (χ4n) is 3.38. The molecule has 2 aromatic heterocycles. The number of carbonyl (C=O) groups excluding carboxylic acids is 2. The van der Waals surface area contributed by atoms with Gasteiger partial charge in [-0.1, -0.05) is 32.4 Å². The average molecular weight is 431 g/mol. The number of pyridine rings is 1.